The van der Waals surface area contributed by atoms with E-state index in [1.54, 1.807) is 12.4 Å². The summed E-state index contributed by atoms with van der Waals surface area (Å²) in [5, 5.41) is 32.2. The van der Waals surface area contributed by atoms with E-state index in [1.165, 1.54) is 41.5 Å². The zero-order chi connectivity index (χ0) is 27.0. The van der Waals surface area contributed by atoms with Crippen molar-refractivity contribution in [3.05, 3.63) is 84.3 Å². The van der Waals surface area contributed by atoms with Gasteiger partial charge in [-0.15, -0.1) is 17.3 Å². The second-order valence-corrected chi connectivity index (χ2v) is 7.31. The third kappa shape index (κ3) is 17.4. The van der Waals surface area contributed by atoms with Crippen LogP contribution in [0.25, 0.3) is 21.8 Å². The second-order valence-electron chi connectivity index (χ2n) is 7.31. The van der Waals surface area contributed by atoms with E-state index in [0.29, 0.717) is 0 Å². The number of nitrogens with zero attached hydrogens (tertiary/aromatic N) is 2. The predicted octanol–water partition coefficient (Wildman–Crippen LogP) is 2.30. The number of ketones is 3. The first-order valence-electron chi connectivity index (χ1n) is 10.5. The van der Waals surface area contributed by atoms with Gasteiger partial charge in [0.05, 0.1) is 11.0 Å². The molecule has 1 radical (unpaired) electrons. The summed E-state index contributed by atoms with van der Waals surface area (Å²) in [6.45, 7) is 8.09. The SMILES string of the molecule is CC(=O)/C=C(/C)[O-].CC(=O)/C=C(/C)[O-].CC(=O)/C=C(/C)[O-].[Er+3].c1cnc2c(c1)ccc1cccnc12. The molecule has 3 aromatic rings. The van der Waals surface area contributed by atoms with Crippen molar-refractivity contribution >= 4 is 39.2 Å². The van der Waals surface area contributed by atoms with Gasteiger partial charge in [-0.25, -0.2) is 0 Å². The topological polar surface area (TPSA) is 146 Å². The van der Waals surface area contributed by atoms with Gasteiger partial charge in [-0.05, 0) is 51.1 Å². The van der Waals surface area contributed by atoms with Crippen molar-refractivity contribution < 1.29 is 67.0 Å². The van der Waals surface area contributed by atoms with Crippen LogP contribution < -0.4 is 15.3 Å². The Morgan fingerprint density at radius 3 is 1.06 bits per heavy atom. The first-order valence-corrected chi connectivity index (χ1v) is 10.5. The zero-order valence-corrected chi connectivity index (χ0v) is 22.8. The molecule has 0 aliphatic rings. The molecule has 36 heavy (non-hydrogen) atoms. The van der Waals surface area contributed by atoms with Crippen LogP contribution in [0.3, 0.4) is 0 Å². The minimum Gasteiger partial charge on any atom is -0.876 e. The minimum absolute atomic E-state index is 0. The van der Waals surface area contributed by atoms with Crippen LogP contribution in [0.2, 0.25) is 0 Å². The molecule has 0 N–H and O–H groups in total. The van der Waals surface area contributed by atoms with E-state index in [2.05, 4.69) is 34.2 Å². The molecule has 9 heteroatoms. The third-order valence-corrected chi connectivity index (χ3v) is 3.56. The Labute approximate surface area is 240 Å². The van der Waals surface area contributed by atoms with Gasteiger partial charge in [0, 0.05) is 23.2 Å². The molecule has 0 bridgehead atoms. The Bertz CT molecular complexity index is 1120. The monoisotopic (exact) mass is 643 g/mol. The molecule has 0 amide bonds. The Morgan fingerprint density at radius 2 is 0.861 bits per heavy atom. The van der Waals surface area contributed by atoms with E-state index in [0.717, 1.165) is 40.0 Å². The standard InChI is InChI=1S/C12H8N2.3C5H8O2.Er/c1-3-9-5-6-10-4-2-8-14-12(10)11(9)13-7-1;3*1-4(6)3-5(2)7;/h1-8H;3*3,6H,1-2H3;/q;;;;+3/p-3/b;3*4-3-;. The molecular weight excluding hydrogens is 616 g/mol. The normalized spacial score (nSPS) is 10.9. The van der Waals surface area contributed by atoms with E-state index < -0.39 is 0 Å². The molecular formula is C27H29ErN2O6. The van der Waals surface area contributed by atoms with Gasteiger partial charge in [0.15, 0.2) is 17.3 Å². The summed E-state index contributed by atoms with van der Waals surface area (Å²) in [5.74, 6) is -1.12. The fourth-order valence-corrected chi connectivity index (χ4v) is 2.54. The van der Waals surface area contributed by atoms with Gasteiger partial charge in [0.25, 0.3) is 0 Å². The molecule has 0 atom stereocenters. The first kappa shape index (κ1) is 35.1. The predicted molar refractivity (Wildman–Crippen MR) is 130 cm³/mol. The number of aromatic nitrogens is 2. The summed E-state index contributed by atoms with van der Waals surface area (Å²) in [4.78, 5) is 38.6. The Kier molecular flexibility index (Phi) is 18.7. The molecule has 0 saturated carbocycles. The number of rotatable bonds is 3. The third-order valence-electron chi connectivity index (χ3n) is 3.56. The zero-order valence-electron chi connectivity index (χ0n) is 21.0. The van der Waals surface area contributed by atoms with Crippen LogP contribution in [0.5, 0.6) is 0 Å². The molecule has 0 aliphatic heterocycles. The van der Waals surface area contributed by atoms with Gasteiger partial charge in [0.1, 0.15) is 0 Å². The van der Waals surface area contributed by atoms with Crippen molar-refractivity contribution in [3.8, 4) is 0 Å². The van der Waals surface area contributed by atoms with E-state index in [4.69, 9.17) is 0 Å². The van der Waals surface area contributed by atoms with Crippen molar-refractivity contribution in [2.45, 2.75) is 41.5 Å². The maximum Gasteiger partial charge on any atom is 3.00 e. The average Bonchev–Trinajstić information content (AvgIpc) is 2.72. The molecule has 0 unspecified atom stereocenters. The Hall–Kier alpha value is -3.08. The number of hydrogen-bond acceptors (Lipinski definition) is 8. The van der Waals surface area contributed by atoms with E-state index >= 15 is 0 Å². The van der Waals surface area contributed by atoms with E-state index in [1.807, 2.05) is 12.1 Å². The molecule has 3 rings (SSSR count). The molecule has 8 nitrogen and oxygen atoms in total. The van der Waals surface area contributed by atoms with Crippen molar-refractivity contribution in [2.24, 2.45) is 0 Å². The largest absolute Gasteiger partial charge is 3.00 e. The van der Waals surface area contributed by atoms with Gasteiger partial charge >= 0.3 is 37.3 Å². The number of fused-ring (bicyclic) bond motifs is 3. The van der Waals surface area contributed by atoms with Crippen molar-refractivity contribution in [3.63, 3.8) is 0 Å². The number of carbonyl (C=O) groups is 3. The van der Waals surface area contributed by atoms with Crippen molar-refractivity contribution in [2.75, 3.05) is 0 Å². The molecule has 0 spiro atoms. The van der Waals surface area contributed by atoms with Crippen molar-refractivity contribution in [1.29, 1.82) is 0 Å². The molecule has 195 valence electrons. The molecule has 2 aromatic heterocycles. The minimum atomic E-state index is -0.187. The summed E-state index contributed by atoms with van der Waals surface area (Å²) >= 11 is 0. The van der Waals surface area contributed by atoms with Crippen LogP contribution >= 0.6 is 0 Å². The van der Waals surface area contributed by atoms with Gasteiger partial charge in [-0.3, -0.25) is 24.4 Å². The number of hydrogen-bond donors (Lipinski definition) is 0. The molecule has 0 saturated heterocycles. The van der Waals surface area contributed by atoms with Crippen LogP contribution in [0.1, 0.15) is 41.5 Å². The smallest absolute Gasteiger partial charge is 0.876 e. The number of allylic oxidation sites excluding steroid dienone is 6. The molecule has 1 aromatic carbocycles. The number of carbonyl (C=O) groups excluding carboxylic acids is 3. The first-order chi connectivity index (χ1) is 16.3. The van der Waals surface area contributed by atoms with Crippen LogP contribution in [0.15, 0.2) is 84.3 Å². The number of benzene rings is 1. The quantitative estimate of drug-likeness (QED) is 0.240. The second kappa shape index (κ2) is 19.1. The Balaban J connectivity index is 0. The van der Waals surface area contributed by atoms with Crippen LogP contribution in [0, 0.1) is 37.3 Å². The van der Waals surface area contributed by atoms with Crippen molar-refractivity contribution in [1.82, 2.24) is 9.97 Å². The maximum absolute atomic E-state index is 9.98. The number of pyridine rings is 2. The summed E-state index contributed by atoms with van der Waals surface area (Å²) < 4.78 is 0. The average molecular weight is 645 g/mol. The van der Waals surface area contributed by atoms with Gasteiger partial charge in [-0.2, -0.15) is 0 Å². The molecule has 2 heterocycles. The van der Waals surface area contributed by atoms with Crippen LogP contribution in [0.4, 0.5) is 0 Å². The maximum atomic E-state index is 9.98. The van der Waals surface area contributed by atoms with Crippen LogP contribution in [-0.4, -0.2) is 27.3 Å². The summed E-state index contributed by atoms with van der Waals surface area (Å²) in [6, 6.07) is 12.1. The van der Waals surface area contributed by atoms with Gasteiger partial charge < -0.3 is 15.3 Å². The molecule has 0 aliphatic carbocycles. The van der Waals surface area contributed by atoms with Gasteiger partial charge in [-0.1, -0.05) is 45.0 Å². The van der Waals surface area contributed by atoms with E-state index in [9.17, 15) is 29.7 Å². The fraction of sp³-hybridized carbons (Fsp3) is 0.222. The summed E-state index contributed by atoms with van der Waals surface area (Å²) in [5.41, 5.74) is 1.95. The summed E-state index contributed by atoms with van der Waals surface area (Å²) in [6.07, 6.45) is 6.77. The summed E-state index contributed by atoms with van der Waals surface area (Å²) in [7, 11) is 0. The van der Waals surface area contributed by atoms with E-state index in [-0.39, 0.29) is 71.9 Å². The van der Waals surface area contributed by atoms with Gasteiger partial charge in [0.2, 0.25) is 0 Å². The molecule has 0 fully saturated rings. The fourth-order valence-electron chi connectivity index (χ4n) is 2.54. The Morgan fingerprint density at radius 1 is 0.583 bits per heavy atom. The van der Waals surface area contributed by atoms with Crippen LogP contribution in [-0.2, 0) is 14.4 Å².